The van der Waals surface area contributed by atoms with Gasteiger partial charge in [-0.3, -0.25) is 13.9 Å². The summed E-state index contributed by atoms with van der Waals surface area (Å²) in [5, 5.41) is 0. The van der Waals surface area contributed by atoms with Gasteiger partial charge in [0.25, 0.3) is 0 Å². The van der Waals surface area contributed by atoms with Crippen molar-refractivity contribution in [2.75, 3.05) is 27.2 Å². The molecule has 1 amide bonds. The third kappa shape index (κ3) is 5.03. The van der Waals surface area contributed by atoms with E-state index in [1.807, 2.05) is 79.7 Å². The number of para-hydroxylation sites is 1. The topological polar surface area (TPSA) is 85.5 Å². The number of fused-ring (bicyclic) bond motifs is 1. The van der Waals surface area contributed by atoms with Crippen molar-refractivity contribution in [3.63, 3.8) is 0 Å². The molecular weight excluding hydrogens is 468 g/mol. The summed E-state index contributed by atoms with van der Waals surface area (Å²) in [7, 11) is 3.90. The van der Waals surface area contributed by atoms with Gasteiger partial charge in [-0.2, -0.15) is 0 Å². The van der Waals surface area contributed by atoms with E-state index in [2.05, 4.69) is 9.97 Å². The molecule has 9 heteroatoms. The number of ether oxygens (including phenoxy) is 1. The van der Waals surface area contributed by atoms with Crippen LogP contribution in [-0.4, -0.2) is 62.0 Å². The minimum absolute atomic E-state index is 0.106. The van der Waals surface area contributed by atoms with E-state index in [-0.39, 0.29) is 11.6 Å². The third-order valence-electron chi connectivity index (χ3n) is 6.34. The van der Waals surface area contributed by atoms with Crippen LogP contribution in [0.3, 0.4) is 0 Å². The number of rotatable bonds is 7. The zero-order chi connectivity index (χ0) is 25.9. The lowest BCUT2D eigenvalue weighted by Crippen LogP contribution is -2.37. The molecule has 1 unspecified atom stereocenters. The van der Waals surface area contributed by atoms with Crippen LogP contribution in [0.1, 0.15) is 24.8 Å². The summed E-state index contributed by atoms with van der Waals surface area (Å²) in [6.45, 7) is 3.05. The number of benzene rings is 2. The Morgan fingerprint density at radius 2 is 1.84 bits per heavy atom. The molecule has 190 valence electrons. The first-order chi connectivity index (χ1) is 17.9. The van der Waals surface area contributed by atoms with E-state index in [9.17, 15) is 9.59 Å². The van der Waals surface area contributed by atoms with Crippen LogP contribution in [0.25, 0.3) is 16.9 Å². The maximum absolute atomic E-state index is 13.9. The highest BCUT2D eigenvalue weighted by atomic mass is 16.5. The first-order valence-corrected chi connectivity index (χ1v) is 12.3. The Morgan fingerprint density at radius 3 is 2.57 bits per heavy atom. The Kier molecular flexibility index (Phi) is 6.87. The van der Waals surface area contributed by atoms with E-state index in [1.54, 1.807) is 33.2 Å². The monoisotopic (exact) mass is 498 g/mol. The molecule has 1 aliphatic rings. The molecule has 1 atom stereocenters. The molecule has 0 aliphatic carbocycles. The zero-order valence-corrected chi connectivity index (χ0v) is 21.2. The van der Waals surface area contributed by atoms with Gasteiger partial charge >= 0.3 is 5.69 Å². The Hall–Kier alpha value is -4.24. The van der Waals surface area contributed by atoms with Crippen LogP contribution in [0.4, 0.5) is 0 Å². The lowest BCUT2D eigenvalue weighted by Gasteiger charge is -2.24. The van der Waals surface area contributed by atoms with E-state index in [4.69, 9.17) is 4.74 Å². The molecule has 0 spiro atoms. The molecule has 9 nitrogen and oxygen atoms in total. The summed E-state index contributed by atoms with van der Waals surface area (Å²) in [5.41, 5.74) is 1.52. The van der Waals surface area contributed by atoms with E-state index in [1.165, 1.54) is 0 Å². The van der Waals surface area contributed by atoms with Crippen LogP contribution in [0.2, 0.25) is 0 Å². The van der Waals surface area contributed by atoms with Crippen molar-refractivity contribution in [2.45, 2.75) is 25.9 Å². The standard InChI is InChI=1S/C28H30N6O3/c1-20-29-19-24-27(30-20)34(25-11-7-18-32(25)26(35)12-8-17-31(2)3)28(36)33(24)21-13-15-23(16-14-21)37-22-9-5-4-6-10-22/h4-6,8-10,12-16,19,25H,7,11,17-18H2,1-3H3/b12-8+. The van der Waals surface area contributed by atoms with Gasteiger partial charge < -0.3 is 14.5 Å². The number of likely N-dealkylation sites (tertiary alicyclic amines) is 1. The van der Waals surface area contributed by atoms with E-state index < -0.39 is 6.17 Å². The predicted octanol–water partition coefficient (Wildman–Crippen LogP) is 3.92. The van der Waals surface area contributed by atoms with E-state index in [0.717, 1.165) is 12.2 Å². The fraction of sp³-hybridized carbons (Fsp3) is 0.286. The van der Waals surface area contributed by atoms with Gasteiger partial charge in [0, 0.05) is 19.2 Å². The highest BCUT2D eigenvalue weighted by Gasteiger charge is 2.33. The number of aryl methyl sites for hydroxylation is 1. The first kappa shape index (κ1) is 24.5. The van der Waals surface area contributed by atoms with Crippen LogP contribution in [0, 0.1) is 6.92 Å². The molecule has 4 aromatic rings. The zero-order valence-electron chi connectivity index (χ0n) is 21.2. The largest absolute Gasteiger partial charge is 0.457 e. The smallest absolute Gasteiger partial charge is 0.336 e. The van der Waals surface area contributed by atoms with Crippen molar-refractivity contribution in [2.24, 2.45) is 0 Å². The number of imidazole rings is 1. The average Bonchev–Trinajstić information content (AvgIpc) is 3.46. The molecule has 0 bridgehead atoms. The van der Waals surface area contributed by atoms with Gasteiger partial charge in [-0.05, 0) is 70.3 Å². The number of aromatic nitrogens is 4. The van der Waals surface area contributed by atoms with Crippen molar-refractivity contribution < 1.29 is 9.53 Å². The lowest BCUT2D eigenvalue weighted by atomic mass is 10.3. The fourth-order valence-electron chi connectivity index (χ4n) is 4.63. The van der Waals surface area contributed by atoms with Crippen molar-refractivity contribution in [3.8, 4) is 17.2 Å². The first-order valence-electron chi connectivity index (χ1n) is 12.3. The molecule has 5 rings (SSSR count). The Bertz CT molecular complexity index is 1490. The highest BCUT2D eigenvalue weighted by Crippen LogP contribution is 2.30. The van der Waals surface area contributed by atoms with Crippen LogP contribution in [0.15, 0.2) is 77.7 Å². The van der Waals surface area contributed by atoms with Crippen molar-refractivity contribution in [3.05, 3.63) is 89.3 Å². The number of carbonyl (C=O) groups excluding carboxylic acids is 1. The molecule has 2 aromatic heterocycles. The van der Waals surface area contributed by atoms with Gasteiger partial charge in [-0.25, -0.2) is 14.8 Å². The molecule has 0 N–H and O–H groups in total. The minimum Gasteiger partial charge on any atom is -0.457 e. The summed E-state index contributed by atoms with van der Waals surface area (Å²) in [6, 6.07) is 16.9. The molecule has 37 heavy (non-hydrogen) atoms. The molecule has 1 fully saturated rings. The van der Waals surface area contributed by atoms with Crippen LogP contribution >= 0.6 is 0 Å². The van der Waals surface area contributed by atoms with Gasteiger partial charge in [0.2, 0.25) is 5.91 Å². The van der Waals surface area contributed by atoms with Crippen LogP contribution < -0.4 is 10.4 Å². The quantitative estimate of drug-likeness (QED) is 0.359. The fourth-order valence-corrected chi connectivity index (χ4v) is 4.63. The number of amides is 1. The summed E-state index contributed by atoms with van der Waals surface area (Å²) in [5.74, 6) is 1.85. The van der Waals surface area contributed by atoms with Crippen molar-refractivity contribution in [1.29, 1.82) is 0 Å². The SMILES string of the molecule is Cc1ncc2c(n1)n(C1CCCN1C(=O)/C=C/CN(C)C)c(=O)n2-c1ccc(Oc2ccccc2)cc1. The van der Waals surface area contributed by atoms with Gasteiger partial charge in [0.15, 0.2) is 5.65 Å². The second-order valence-electron chi connectivity index (χ2n) is 9.34. The Labute approximate surface area is 215 Å². The second-order valence-corrected chi connectivity index (χ2v) is 9.34. The van der Waals surface area contributed by atoms with Gasteiger partial charge in [0.1, 0.15) is 29.0 Å². The lowest BCUT2D eigenvalue weighted by molar-refractivity contribution is -0.128. The number of nitrogens with zero attached hydrogens (tertiary/aromatic N) is 6. The minimum atomic E-state index is -0.414. The summed E-state index contributed by atoms with van der Waals surface area (Å²) in [4.78, 5) is 39.7. The Morgan fingerprint density at radius 1 is 1.11 bits per heavy atom. The molecule has 1 saturated heterocycles. The highest BCUT2D eigenvalue weighted by molar-refractivity contribution is 5.88. The van der Waals surface area contributed by atoms with E-state index >= 15 is 0 Å². The van der Waals surface area contributed by atoms with Crippen molar-refractivity contribution >= 4 is 17.1 Å². The number of carbonyl (C=O) groups is 1. The van der Waals surface area contributed by atoms with Gasteiger partial charge in [-0.1, -0.05) is 24.3 Å². The average molecular weight is 499 g/mol. The van der Waals surface area contributed by atoms with Crippen molar-refractivity contribution in [1.82, 2.24) is 28.9 Å². The van der Waals surface area contributed by atoms with Crippen LogP contribution in [-0.2, 0) is 4.79 Å². The summed E-state index contributed by atoms with van der Waals surface area (Å²) >= 11 is 0. The molecule has 2 aromatic carbocycles. The number of likely N-dealkylation sites (N-methyl/N-ethyl adjacent to an activating group) is 1. The van der Waals surface area contributed by atoms with Gasteiger partial charge in [0.05, 0.1) is 11.9 Å². The van der Waals surface area contributed by atoms with Crippen LogP contribution in [0.5, 0.6) is 11.5 Å². The molecule has 0 radical (unpaired) electrons. The second kappa shape index (κ2) is 10.4. The molecule has 1 aliphatic heterocycles. The molecular formula is C28H30N6O3. The predicted molar refractivity (Wildman–Crippen MR) is 142 cm³/mol. The van der Waals surface area contributed by atoms with Gasteiger partial charge in [-0.15, -0.1) is 0 Å². The third-order valence-corrected chi connectivity index (χ3v) is 6.34. The number of hydrogen-bond acceptors (Lipinski definition) is 6. The maximum Gasteiger partial charge on any atom is 0.336 e. The summed E-state index contributed by atoms with van der Waals surface area (Å²) in [6.07, 6.45) is 6.18. The summed E-state index contributed by atoms with van der Waals surface area (Å²) < 4.78 is 9.15. The molecule has 0 saturated carbocycles. The normalized spacial score (nSPS) is 15.8. The molecule has 3 heterocycles. The maximum atomic E-state index is 13.9. The van der Waals surface area contributed by atoms with E-state index in [0.29, 0.717) is 47.9 Å². The number of hydrogen-bond donors (Lipinski definition) is 0. The Balaban J connectivity index is 1.52.